The molecule has 1 aliphatic rings. The Kier molecular flexibility index (Phi) is 4.44. The van der Waals surface area contributed by atoms with Gasteiger partial charge in [0.05, 0.1) is 0 Å². The lowest BCUT2D eigenvalue weighted by Gasteiger charge is -2.31. The summed E-state index contributed by atoms with van der Waals surface area (Å²) in [5, 5.41) is 14.8. The van der Waals surface area contributed by atoms with E-state index in [1.165, 1.54) is 19.2 Å². The molecule has 21 heavy (non-hydrogen) atoms. The highest BCUT2D eigenvalue weighted by atomic mass is 15.4. The predicted octanol–water partition coefficient (Wildman–Crippen LogP) is 0.270. The minimum atomic E-state index is 0.573. The third kappa shape index (κ3) is 3.57. The van der Waals surface area contributed by atoms with Crippen molar-refractivity contribution in [2.24, 2.45) is 5.92 Å². The highest BCUT2D eigenvalue weighted by Gasteiger charge is 2.21. The number of nitrogens with zero attached hydrogens (tertiary/aromatic N) is 6. The van der Waals surface area contributed by atoms with E-state index in [0.717, 1.165) is 43.9 Å². The molecule has 3 heterocycles. The second-order valence-electron chi connectivity index (χ2n) is 5.41. The van der Waals surface area contributed by atoms with Gasteiger partial charge in [-0.3, -0.25) is 5.10 Å². The topological polar surface area (TPSA) is 87.5 Å². The molecule has 0 unspecified atom stereocenters. The van der Waals surface area contributed by atoms with Gasteiger partial charge >= 0.3 is 0 Å². The van der Waals surface area contributed by atoms with Gasteiger partial charge in [-0.2, -0.15) is 10.1 Å². The lowest BCUT2D eigenvalue weighted by molar-refractivity contribution is 0.384. The SMILES string of the molecule is CCNCC1CCN(c2n[nH]c(Cn3cncn3)n2)CC1. The highest BCUT2D eigenvalue weighted by Crippen LogP contribution is 2.20. The molecule has 0 radical (unpaired) electrons. The molecule has 0 bridgehead atoms. The van der Waals surface area contributed by atoms with Crippen molar-refractivity contribution >= 4 is 5.95 Å². The molecule has 0 aromatic carbocycles. The number of nitrogens with one attached hydrogen (secondary N) is 2. The summed E-state index contributed by atoms with van der Waals surface area (Å²) in [5.41, 5.74) is 0. The maximum atomic E-state index is 4.55. The molecule has 3 rings (SSSR count). The van der Waals surface area contributed by atoms with Crippen LogP contribution in [0, 0.1) is 5.92 Å². The Morgan fingerprint density at radius 2 is 2.24 bits per heavy atom. The molecule has 0 amide bonds. The van der Waals surface area contributed by atoms with Crippen LogP contribution >= 0.6 is 0 Å². The Hall–Kier alpha value is -1.96. The van der Waals surface area contributed by atoms with Crippen LogP contribution in [0.2, 0.25) is 0 Å². The van der Waals surface area contributed by atoms with E-state index < -0.39 is 0 Å². The van der Waals surface area contributed by atoms with Crippen molar-refractivity contribution in [3.8, 4) is 0 Å². The van der Waals surface area contributed by atoms with Gasteiger partial charge < -0.3 is 10.2 Å². The zero-order chi connectivity index (χ0) is 14.5. The van der Waals surface area contributed by atoms with Crippen molar-refractivity contribution in [2.75, 3.05) is 31.1 Å². The van der Waals surface area contributed by atoms with Gasteiger partial charge in [-0.1, -0.05) is 6.92 Å². The molecule has 2 aromatic heterocycles. The van der Waals surface area contributed by atoms with Gasteiger partial charge in [0.1, 0.15) is 25.0 Å². The standard InChI is InChI=1S/C13H22N8/c1-2-14-7-11-3-5-20(6-4-11)13-17-12(18-19-13)8-21-10-15-9-16-21/h9-11,14H,2-8H2,1H3,(H,17,18,19). The summed E-state index contributed by atoms with van der Waals surface area (Å²) in [6.45, 7) is 6.94. The lowest BCUT2D eigenvalue weighted by atomic mass is 9.97. The predicted molar refractivity (Wildman–Crippen MR) is 79.0 cm³/mol. The molecule has 1 fully saturated rings. The molecule has 2 N–H and O–H groups in total. The van der Waals surface area contributed by atoms with Gasteiger partial charge in [-0.15, -0.1) is 5.10 Å². The van der Waals surface area contributed by atoms with Crippen molar-refractivity contribution in [1.29, 1.82) is 0 Å². The van der Waals surface area contributed by atoms with Gasteiger partial charge in [-0.05, 0) is 31.8 Å². The van der Waals surface area contributed by atoms with Crippen molar-refractivity contribution in [3.05, 3.63) is 18.5 Å². The van der Waals surface area contributed by atoms with Crippen LogP contribution in [0.5, 0.6) is 0 Å². The second-order valence-corrected chi connectivity index (χ2v) is 5.41. The summed E-state index contributed by atoms with van der Waals surface area (Å²) >= 11 is 0. The fourth-order valence-corrected chi connectivity index (χ4v) is 2.65. The van der Waals surface area contributed by atoms with E-state index in [1.807, 2.05) is 0 Å². The molecule has 0 spiro atoms. The Morgan fingerprint density at radius 1 is 1.38 bits per heavy atom. The van der Waals surface area contributed by atoms with Crippen molar-refractivity contribution < 1.29 is 0 Å². The van der Waals surface area contributed by atoms with Crippen molar-refractivity contribution in [1.82, 2.24) is 35.3 Å². The minimum absolute atomic E-state index is 0.573. The Bertz CT molecular complexity index is 526. The van der Waals surface area contributed by atoms with E-state index in [-0.39, 0.29) is 0 Å². The molecule has 0 aliphatic carbocycles. The first-order valence-corrected chi connectivity index (χ1v) is 7.54. The molecule has 114 valence electrons. The van der Waals surface area contributed by atoms with Crippen LogP contribution in [0.4, 0.5) is 5.95 Å². The fourth-order valence-electron chi connectivity index (χ4n) is 2.65. The van der Waals surface area contributed by atoms with E-state index in [1.54, 1.807) is 11.0 Å². The molecular formula is C13H22N8. The second kappa shape index (κ2) is 6.66. The smallest absolute Gasteiger partial charge is 0.244 e. The first kappa shape index (κ1) is 14.0. The Balaban J connectivity index is 1.53. The van der Waals surface area contributed by atoms with E-state index in [4.69, 9.17) is 0 Å². The highest BCUT2D eigenvalue weighted by molar-refractivity contribution is 5.29. The van der Waals surface area contributed by atoms with E-state index >= 15 is 0 Å². The Labute approximate surface area is 124 Å². The molecule has 0 atom stereocenters. The third-order valence-electron chi connectivity index (χ3n) is 3.88. The minimum Gasteiger partial charge on any atom is -0.340 e. The van der Waals surface area contributed by atoms with E-state index in [9.17, 15) is 0 Å². The largest absolute Gasteiger partial charge is 0.340 e. The Morgan fingerprint density at radius 3 is 2.95 bits per heavy atom. The van der Waals surface area contributed by atoms with Crippen LogP contribution in [0.15, 0.2) is 12.7 Å². The monoisotopic (exact) mass is 290 g/mol. The van der Waals surface area contributed by atoms with Gasteiger partial charge in [-0.25, -0.2) is 9.67 Å². The zero-order valence-electron chi connectivity index (χ0n) is 12.4. The molecule has 0 saturated carbocycles. The average molecular weight is 290 g/mol. The molecule has 1 saturated heterocycles. The van der Waals surface area contributed by atoms with Crippen LogP contribution in [-0.4, -0.2) is 56.1 Å². The normalized spacial score (nSPS) is 16.5. The summed E-state index contributed by atoms with van der Waals surface area (Å²) < 4.78 is 1.73. The molecular weight excluding hydrogens is 268 g/mol. The van der Waals surface area contributed by atoms with E-state index in [2.05, 4.69) is 42.4 Å². The quantitative estimate of drug-likeness (QED) is 0.794. The van der Waals surface area contributed by atoms with Crippen molar-refractivity contribution in [2.45, 2.75) is 26.3 Å². The number of piperidine rings is 1. The summed E-state index contributed by atoms with van der Waals surface area (Å²) in [5.74, 6) is 2.38. The van der Waals surface area contributed by atoms with Crippen LogP contribution in [0.1, 0.15) is 25.6 Å². The van der Waals surface area contributed by atoms with Gasteiger partial charge in [0.15, 0.2) is 0 Å². The van der Waals surface area contributed by atoms with Gasteiger partial charge in [0.2, 0.25) is 5.95 Å². The van der Waals surface area contributed by atoms with Crippen LogP contribution in [0.3, 0.4) is 0 Å². The number of hydrogen-bond acceptors (Lipinski definition) is 6. The number of aromatic nitrogens is 6. The van der Waals surface area contributed by atoms with Crippen LogP contribution < -0.4 is 10.2 Å². The third-order valence-corrected chi connectivity index (χ3v) is 3.88. The molecule has 1 aliphatic heterocycles. The summed E-state index contributed by atoms with van der Waals surface area (Å²) in [6, 6.07) is 0. The summed E-state index contributed by atoms with van der Waals surface area (Å²) in [6.07, 6.45) is 5.58. The maximum absolute atomic E-state index is 4.55. The zero-order valence-corrected chi connectivity index (χ0v) is 12.4. The average Bonchev–Trinajstić information content (AvgIpc) is 3.18. The fraction of sp³-hybridized carbons (Fsp3) is 0.692. The first-order chi connectivity index (χ1) is 10.3. The first-order valence-electron chi connectivity index (χ1n) is 7.54. The number of anilines is 1. The van der Waals surface area contributed by atoms with Crippen LogP contribution in [-0.2, 0) is 6.54 Å². The number of rotatable bonds is 6. The van der Waals surface area contributed by atoms with Gasteiger partial charge in [0.25, 0.3) is 0 Å². The molecule has 8 nitrogen and oxygen atoms in total. The number of hydrogen-bond donors (Lipinski definition) is 2. The lowest BCUT2D eigenvalue weighted by Crippen LogP contribution is -2.37. The number of H-pyrrole nitrogens is 1. The number of aromatic amines is 1. The van der Waals surface area contributed by atoms with Crippen LogP contribution in [0.25, 0.3) is 0 Å². The summed E-state index contributed by atoms with van der Waals surface area (Å²) in [4.78, 5) is 10.7. The molecule has 2 aromatic rings. The van der Waals surface area contributed by atoms with Gasteiger partial charge in [0, 0.05) is 13.1 Å². The summed E-state index contributed by atoms with van der Waals surface area (Å²) in [7, 11) is 0. The van der Waals surface area contributed by atoms with Crippen molar-refractivity contribution in [3.63, 3.8) is 0 Å². The maximum Gasteiger partial charge on any atom is 0.244 e. The van der Waals surface area contributed by atoms with E-state index in [0.29, 0.717) is 6.54 Å². The molecule has 8 heteroatoms.